The second-order valence-electron chi connectivity index (χ2n) is 3.53. The quantitative estimate of drug-likeness (QED) is 0.794. The summed E-state index contributed by atoms with van der Waals surface area (Å²) in [5, 5.41) is 9.60. The van der Waals surface area contributed by atoms with Crippen molar-refractivity contribution in [1.29, 1.82) is 0 Å². The molecule has 0 unspecified atom stereocenters. The zero-order valence-corrected chi connectivity index (χ0v) is 9.20. The fourth-order valence-electron chi connectivity index (χ4n) is 1.37. The summed E-state index contributed by atoms with van der Waals surface area (Å²) < 4.78 is 0. The third kappa shape index (κ3) is 2.48. The van der Waals surface area contributed by atoms with Gasteiger partial charge in [0.2, 0.25) is 0 Å². The molecule has 0 aliphatic heterocycles. The van der Waals surface area contributed by atoms with E-state index in [0.717, 1.165) is 18.5 Å². The van der Waals surface area contributed by atoms with Crippen LogP contribution in [-0.2, 0) is 0 Å². The molecular weight excluding hydrogens is 174 g/mol. The van der Waals surface area contributed by atoms with Crippen LogP contribution in [0.2, 0.25) is 0 Å². The van der Waals surface area contributed by atoms with Crippen LogP contribution in [0, 0.1) is 0 Å². The van der Waals surface area contributed by atoms with Gasteiger partial charge in [0.05, 0.1) is 6.10 Å². The normalized spacial score (nSPS) is 12.6. The van der Waals surface area contributed by atoms with Crippen LogP contribution in [0.5, 0.6) is 0 Å². The maximum atomic E-state index is 9.60. The first-order chi connectivity index (χ1) is 6.69. The first kappa shape index (κ1) is 11.1. The number of nitrogens with zero attached hydrogens (tertiary/aromatic N) is 1. The van der Waals surface area contributed by atoms with E-state index < -0.39 is 0 Å². The van der Waals surface area contributed by atoms with Crippen molar-refractivity contribution in [2.24, 2.45) is 0 Å². The average molecular weight is 193 g/mol. The van der Waals surface area contributed by atoms with E-state index in [1.54, 1.807) is 0 Å². The molecule has 2 heteroatoms. The van der Waals surface area contributed by atoms with E-state index in [0.29, 0.717) is 0 Å². The minimum absolute atomic E-state index is 0.323. The van der Waals surface area contributed by atoms with E-state index in [1.165, 1.54) is 5.69 Å². The fraction of sp³-hybridized carbons (Fsp3) is 0.500. The van der Waals surface area contributed by atoms with Crippen LogP contribution in [0.4, 0.5) is 5.69 Å². The molecule has 14 heavy (non-hydrogen) atoms. The molecule has 1 N–H and O–H groups in total. The molecule has 0 aliphatic rings. The number of hydrogen-bond donors (Lipinski definition) is 1. The molecule has 78 valence electrons. The molecule has 1 rings (SSSR count). The Balaban J connectivity index is 2.78. The lowest BCUT2D eigenvalue weighted by Gasteiger charge is -2.17. The molecule has 1 aromatic rings. The van der Waals surface area contributed by atoms with Crippen LogP contribution in [-0.4, -0.2) is 18.7 Å². The highest BCUT2D eigenvalue weighted by molar-refractivity contribution is 5.46. The van der Waals surface area contributed by atoms with Crippen LogP contribution < -0.4 is 4.90 Å². The van der Waals surface area contributed by atoms with Crippen LogP contribution in [0.25, 0.3) is 0 Å². The zero-order chi connectivity index (χ0) is 10.6. The Kier molecular flexibility index (Phi) is 3.96. The van der Waals surface area contributed by atoms with Crippen molar-refractivity contribution in [2.45, 2.75) is 26.4 Å². The Morgan fingerprint density at radius 3 is 2.21 bits per heavy atom. The highest BCUT2D eigenvalue weighted by Gasteiger charge is 2.04. The molecule has 0 amide bonds. The van der Waals surface area contributed by atoms with E-state index in [9.17, 15) is 5.11 Å². The van der Waals surface area contributed by atoms with Crippen molar-refractivity contribution in [3.05, 3.63) is 29.8 Å². The summed E-state index contributed by atoms with van der Waals surface area (Å²) in [6.45, 7) is 5.10. The molecule has 0 bridgehead atoms. The lowest BCUT2D eigenvalue weighted by atomic mass is 10.1. The van der Waals surface area contributed by atoms with Gasteiger partial charge in [-0.05, 0) is 31.0 Å². The van der Waals surface area contributed by atoms with Crippen LogP contribution >= 0.6 is 0 Å². The van der Waals surface area contributed by atoms with Crippen molar-refractivity contribution in [1.82, 2.24) is 0 Å². The van der Waals surface area contributed by atoms with Gasteiger partial charge in [-0.3, -0.25) is 0 Å². The first-order valence-corrected chi connectivity index (χ1v) is 5.18. The zero-order valence-electron chi connectivity index (χ0n) is 9.20. The Morgan fingerprint density at radius 2 is 1.79 bits per heavy atom. The van der Waals surface area contributed by atoms with Gasteiger partial charge in [-0.2, -0.15) is 0 Å². The van der Waals surface area contributed by atoms with Gasteiger partial charge in [0.1, 0.15) is 0 Å². The second-order valence-corrected chi connectivity index (χ2v) is 3.53. The summed E-state index contributed by atoms with van der Waals surface area (Å²) in [4.78, 5) is 2.17. The minimum Gasteiger partial charge on any atom is -0.388 e. The predicted octanol–water partition coefficient (Wildman–Crippen LogP) is 2.59. The van der Waals surface area contributed by atoms with Crippen molar-refractivity contribution in [3.63, 3.8) is 0 Å². The summed E-state index contributed by atoms with van der Waals surface area (Å²) >= 11 is 0. The fourth-order valence-corrected chi connectivity index (χ4v) is 1.37. The number of aliphatic hydroxyl groups is 1. The number of hydrogen-bond acceptors (Lipinski definition) is 2. The van der Waals surface area contributed by atoms with Gasteiger partial charge in [-0.15, -0.1) is 0 Å². The summed E-state index contributed by atoms with van der Waals surface area (Å²) in [5.74, 6) is 0. The van der Waals surface area contributed by atoms with E-state index in [4.69, 9.17) is 0 Å². The van der Waals surface area contributed by atoms with Crippen LogP contribution in [0.15, 0.2) is 24.3 Å². The molecule has 0 spiro atoms. The maximum absolute atomic E-state index is 9.60. The average Bonchev–Trinajstić information content (AvgIpc) is 2.27. The molecule has 0 aromatic heterocycles. The molecular formula is C12H19NO. The Labute approximate surface area is 86.2 Å². The third-order valence-electron chi connectivity index (χ3n) is 2.58. The SMILES string of the molecule is CC[C@H](O)c1ccc(N(C)CC)cc1. The van der Waals surface area contributed by atoms with Gasteiger partial charge in [0.15, 0.2) is 0 Å². The predicted molar refractivity (Wildman–Crippen MR) is 60.6 cm³/mol. The van der Waals surface area contributed by atoms with Crippen molar-refractivity contribution < 1.29 is 5.11 Å². The number of aliphatic hydroxyl groups excluding tert-OH is 1. The van der Waals surface area contributed by atoms with Crippen LogP contribution in [0.1, 0.15) is 31.9 Å². The van der Waals surface area contributed by atoms with E-state index in [2.05, 4.69) is 31.0 Å². The Bertz CT molecular complexity index is 239. The van der Waals surface area contributed by atoms with Crippen molar-refractivity contribution in [2.75, 3.05) is 18.5 Å². The lowest BCUT2D eigenvalue weighted by molar-refractivity contribution is 0.173. The van der Waals surface area contributed by atoms with E-state index in [1.807, 2.05) is 19.1 Å². The lowest BCUT2D eigenvalue weighted by Crippen LogP contribution is -2.15. The molecule has 1 aromatic carbocycles. The highest BCUT2D eigenvalue weighted by Crippen LogP contribution is 2.20. The standard InChI is InChI=1S/C12H19NO/c1-4-12(14)10-6-8-11(9-7-10)13(3)5-2/h6-9,12,14H,4-5H2,1-3H3/t12-/m0/s1. The van der Waals surface area contributed by atoms with Gasteiger partial charge < -0.3 is 10.0 Å². The topological polar surface area (TPSA) is 23.5 Å². The molecule has 0 heterocycles. The smallest absolute Gasteiger partial charge is 0.0787 e. The third-order valence-corrected chi connectivity index (χ3v) is 2.58. The van der Waals surface area contributed by atoms with Gasteiger partial charge in [-0.1, -0.05) is 19.1 Å². The summed E-state index contributed by atoms with van der Waals surface area (Å²) in [6.07, 6.45) is 0.444. The molecule has 2 nitrogen and oxygen atoms in total. The second kappa shape index (κ2) is 5.01. The monoisotopic (exact) mass is 193 g/mol. The molecule has 0 radical (unpaired) electrons. The number of rotatable bonds is 4. The summed E-state index contributed by atoms with van der Waals surface area (Å²) in [5.41, 5.74) is 2.19. The largest absolute Gasteiger partial charge is 0.388 e. The van der Waals surface area contributed by atoms with Crippen LogP contribution in [0.3, 0.4) is 0 Å². The van der Waals surface area contributed by atoms with E-state index >= 15 is 0 Å². The molecule has 0 aliphatic carbocycles. The Hall–Kier alpha value is -1.02. The molecule has 0 fully saturated rings. The first-order valence-electron chi connectivity index (χ1n) is 5.18. The van der Waals surface area contributed by atoms with E-state index in [-0.39, 0.29) is 6.10 Å². The van der Waals surface area contributed by atoms with Crippen molar-refractivity contribution >= 4 is 5.69 Å². The highest BCUT2D eigenvalue weighted by atomic mass is 16.3. The summed E-state index contributed by atoms with van der Waals surface area (Å²) in [6, 6.07) is 8.10. The summed E-state index contributed by atoms with van der Waals surface area (Å²) in [7, 11) is 2.06. The maximum Gasteiger partial charge on any atom is 0.0787 e. The minimum atomic E-state index is -0.323. The van der Waals surface area contributed by atoms with Crippen molar-refractivity contribution in [3.8, 4) is 0 Å². The van der Waals surface area contributed by atoms with Gasteiger partial charge in [0, 0.05) is 19.3 Å². The van der Waals surface area contributed by atoms with Gasteiger partial charge in [-0.25, -0.2) is 0 Å². The molecule has 0 saturated heterocycles. The number of anilines is 1. The molecule has 1 atom stereocenters. The van der Waals surface area contributed by atoms with Gasteiger partial charge >= 0.3 is 0 Å². The Morgan fingerprint density at radius 1 is 1.21 bits per heavy atom. The molecule has 0 saturated carbocycles. The van der Waals surface area contributed by atoms with Gasteiger partial charge in [0.25, 0.3) is 0 Å². The number of benzene rings is 1.